The molecule has 0 bridgehead atoms. The SMILES string of the molecule is COCc1cn2c(Nc3cc([C@@H]4CC[C@H](OC(=O)NC(C)C)[C@H]4F)[nH]n3)nccc2n1. The standard InChI is InChI=1S/C20H26FN7O3/c1-11(2)23-20(29)31-15-5-4-13(18(15)21)14-8-16(27-26-14)25-19-22-7-6-17-24-12(10-30-3)9-28(17)19/h6-9,11,13,15,18H,4-5,10H2,1-3H3,(H,23,29)(H2,22,25,26,27)/t13-,15-,18-/m0/s1. The maximum absolute atomic E-state index is 14.9. The van der Waals surface area contributed by atoms with Crippen LogP contribution in [0.4, 0.5) is 21.0 Å². The molecule has 3 aromatic rings. The van der Waals surface area contributed by atoms with Crippen molar-refractivity contribution in [1.29, 1.82) is 0 Å². The Morgan fingerprint density at radius 2 is 2.26 bits per heavy atom. The van der Waals surface area contributed by atoms with Crippen molar-refractivity contribution in [2.45, 2.75) is 57.5 Å². The number of aromatic nitrogens is 5. The Labute approximate surface area is 178 Å². The predicted octanol–water partition coefficient (Wildman–Crippen LogP) is 3.06. The number of halogens is 1. The summed E-state index contributed by atoms with van der Waals surface area (Å²) in [6.45, 7) is 4.04. The lowest BCUT2D eigenvalue weighted by Gasteiger charge is -2.18. The number of anilines is 2. The normalized spacial score (nSPS) is 21.0. The highest BCUT2D eigenvalue weighted by Gasteiger charge is 2.40. The molecule has 10 nitrogen and oxygen atoms in total. The van der Waals surface area contributed by atoms with E-state index in [9.17, 15) is 9.18 Å². The molecule has 1 amide bonds. The molecule has 0 radical (unpaired) electrons. The molecular weight excluding hydrogens is 405 g/mol. The third-order valence-corrected chi connectivity index (χ3v) is 5.13. The molecule has 31 heavy (non-hydrogen) atoms. The van der Waals surface area contributed by atoms with E-state index in [1.165, 1.54) is 0 Å². The van der Waals surface area contributed by atoms with Crippen molar-refractivity contribution in [3.8, 4) is 0 Å². The van der Waals surface area contributed by atoms with Gasteiger partial charge in [0, 0.05) is 43.2 Å². The number of hydrogen-bond acceptors (Lipinski definition) is 7. The third kappa shape index (κ3) is 4.61. The predicted molar refractivity (Wildman–Crippen MR) is 111 cm³/mol. The summed E-state index contributed by atoms with van der Waals surface area (Å²) in [6, 6.07) is 3.48. The maximum atomic E-state index is 14.9. The van der Waals surface area contributed by atoms with Gasteiger partial charge in [-0.3, -0.25) is 9.50 Å². The van der Waals surface area contributed by atoms with E-state index < -0.39 is 24.3 Å². The Morgan fingerprint density at radius 3 is 3.03 bits per heavy atom. The van der Waals surface area contributed by atoms with Gasteiger partial charge >= 0.3 is 6.09 Å². The van der Waals surface area contributed by atoms with Gasteiger partial charge in [0.15, 0.2) is 5.82 Å². The zero-order chi connectivity index (χ0) is 22.0. The van der Waals surface area contributed by atoms with E-state index in [2.05, 4.69) is 30.8 Å². The summed E-state index contributed by atoms with van der Waals surface area (Å²) >= 11 is 0. The summed E-state index contributed by atoms with van der Waals surface area (Å²) in [6.07, 6.45) is 1.81. The minimum absolute atomic E-state index is 0.0665. The Balaban J connectivity index is 1.44. The van der Waals surface area contributed by atoms with Gasteiger partial charge in [-0.2, -0.15) is 5.10 Å². The number of ether oxygens (including phenoxy) is 2. The van der Waals surface area contributed by atoms with Crippen LogP contribution in [0.2, 0.25) is 0 Å². The molecule has 4 rings (SSSR count). The smallest absolute Gasteiger partial charge is 0.407 e. The van der Waals surface area contributed by atoms with Gasteiger partial charge in [-0.15, -0.1) is 0 Å². The Morgan fingerprint density at radius 1 is 1.42 bits per heavy atom. The fraction of sp³-hybridized carbons (Fsp3) is 0.500. The summed E-state index contributed by atoms with van der Waals surface area (Å²) in [5.41, 5.74) is 2.14. The van der Waals surface area contributed by atoms with Crippen LogP contribution < -0.4 is 10.6 Å². The van der Waals surface area contributed by atoms with Gasteiger partial charge in [0.05, 0.1) is 12.3 Å². The number of amides is 1. The number of methoxy groups -OCH3 is 1. The van der Waals surface area contributed by atoms with Crippen LogP contribution in [0.25, 0.3) is 5.65 Å². The van der Waals surface area contributed by atoms with Crippen LogP contribution in [0.3, 0.4) is 0 Å². The first-order chi connectivity index (χ1) is 14.9. The van der Waals surface area contributed by atoms with Gasteiger partial charge in [0.25, 0.3) is 0 Å². The van der Waals surface area contributed by atoms with E-state index in [1.807, 2.05) is 20.0 Å². The van der Waals surface area contributed by atoms with Gasteiger partial charge in [-0.05, 0) is 32.8 Å². The highest BCUT2D eigenvalue weighted by molar-refractivity contribution is 5.67. The number of nitrogens with zero attached hydrogens (tertiary/aromatic N) is 4. The van der Waals surface area contributed by atoms with Crippen LogP contribution in [0.5, 0.6) is 0 Å². The molecule has 0 spiro atoms. The number of carbonyl (C=O) groups excluding carboxylic acids is 1. The molecule has 166 valence electrons. The highest BCUT2D eigenvalue weighted by atomic mass is 19.1. The minimum Gasteiger partial charge on any atom is -0.443 e. The number of alkyl carbamates (subject to hydrolysis) is 1. The van der Waals surface area contributed by atoms with Crippen molar-refractivity contribution in [2.75, 3.05) is 12.4 Å². The Hall–Kier alpha value is -3.21. The van der Waals surface area contributed by atoms with E-state index in [0.29, 0.717) is 36.9 Å². The van der Waals surface area contributed by atoms with E-state index in [4.69, 9.17) is 9.47 Å². The van der Waals surface area contributed by atoms with E-state index >= 15 is 0 Å². The van der Waals surface area contributed by atoms with Gasteiger partial charge in [-0.1, -0.05) is 0 Å². The number of H-pyrrole nitrogens is 1. The molecule has 1 saturated carbocycles. The van der Waals surface area contributed by atoms with Crippen molar-refractivity contribution >= 4 is 23.5 Å². The van der Waals surface area contributed by atoms with Crippen LogP contribution in [-0.4, -0.2) is 56.1 Å². The molecular formula is C20H26FN7O3. The average Bonchev–Trinajstić information content (AvgIpc) is 3.41. The molecule has 0 unspecified atom stereocenters. The number of fused-ring (bicyclic) bond motifs is 1. The first-order valence-corrected chi connectivity index (χ1v) is 10.2. The van der Waals surface area contributed by atoms with Crippen LogP contribution in [-0.2, 0) is 16.1 Å². The van der Waals surface area contributed by atoms with Gasteiger partial charge in [0.1, 0.15) is 17.9 Å². The van der Waals surface area contributed by atoms with E-state index in [1.54, 1.807) is 29.8 Å². The highest BCUT2D eigenvalue weighted by Crippen LogP contribution is 2.38. The second-order valence-corrected chi connectivity index (χ2v) is 7.87. The molecule has 0 saturated heterocycles. The molecule has 3 atom stereocenters. The van der Waals surface area contributed by atoms with Crippen molar-refractivity contribution in [2.24, 2.45) is 0 Å². The van der Waals surface area contributed by atoms with Crippen molar-refractivity contribution in [3.05, 3.63) is 35.9 Å². The van der Waals surface area contributed by atoms with Crippen molar-refractivity contribution in [3.63, 3.8) is 0 Å². The largest absolute Gasteiger partial charge is 0.443 e. The fourth-order valence-corrected chi connectivity index (χ4v) is 3.76. The molecule has 1 aliphatic rings. The van der Waals surface area contributed by atoms with Crippen LogP contribution >= 0.6 is 0 Å². The topological polar surface area (TPSA) is 118 Å². The zero-order valence-corrected chi connectivity index (χ0v) is 17.6. The lowest BCUT2D eigenvalue weighted by Crippen LogP contribution is -2.36. The van der Waals surface area contributed by atoms with Crippen LogP contribution in [0.1, 0.15) is 44.0 Å². The summed E-state index contributed by atoms with van der Waals surface area (Å²) in [4.78, 5) is 20.6. The number of imidazole rings is 1. The van der Waals surface area contributed by atoms with Gasteiger partial charge in [0.2, 0.25) is 5.95 Å². The molecule has 1 fully saturated rings. The van der Waals surface area contributed by atoms with Gasteiger partial charge < -0.3 is 20.1 Å². The van der Waals surface area contributed by atoms with E-state index in [-0.39, 0.29) is 6.04 Å². The first kappa shape index (κ1) is 21.0. The summed E-state index contributed by atoms with van der Waals surface area (Å²) in [5, 5.41) is 12.9. The maximum Gasteiger partial charge on any atom is 0.407 e. The second-order valence-electron chi connectivity index (χ2n) is 7.87. The second kappa shape index (κ2) is 8.88. The number of aromatic amines is 1. The molecule has 1 aliphatic carbocycles. The number of nitrogens with one attached hydrogen (secondary N) is 3. The van der Waals surface area contributed by atoms with Gasteiger partial charge in [-0.25, -0.2) is 19.2 Å². The molecule has 3 aromatic heterocycles. The summed E-state index contributed by atoms with van der Waals surface area (Å²) in [5.74, 6) is 0.608. The number of rotatable bonds is 7. The zero-order valence-electron chi connectivity index (χ0n) is 17.6. The quantitative estimate of drug-likeness (QED) is 0.526. The first-order valence-electron chi connectivity index (χ1n) is 10.2. The Kier molecular flexibility index (Phi) is 6.03. The van der Waals surface area contributed by atoms with Crippen molar-refractivity contribution < 1.29 is 18.7 Å². The third-order valence-electron chi connectivity index (χ3n) is 5.13. The minimum atomic E-state index is -1.31. The molecule has 11 heteroatoms. The summed E-state index contributed by atoms with van der Waals surface area (Å²) < 4.78 is 27.1. The fourth-order valence-electron chi connectivity index (χ4n) is 3.76. The number of alkyl halides is 1. The lowest BCUT2D eigenvalue weighted by atomic mass is 10.0. The average molecular weight is 431 g/mol. The monoisotopic (exact) mass is 431 g/mol. The molecule has 0 aliphatic heterocycles. The Bertz CT molecular complexity index is 1050. The van der Waals surface area contributed by atoms with Crippen molar-refractivity contribution in [1.82, 2.24) is 29.9 Å². The summed E-state index contributed by atoms with van der Waals surface area (Å²) in [7, 11) is 1.61. The molecule has 3 heterocycles. The van der Waals surface area contributed by atoms with Crippen LogP contribution in [0.15, 0.2) is 24.5 Å². The number of hydrogen-bond donors (Lipinski definition) is 3. The van der Waals surface area contributed by atoms with Crippen LogP contribution in [0, 0.1) is 0 Å². The van der Waals surface area contributed by atoms with E-state index in [0.717, 1.165) is 11.3 Å². The molecule has 0 aromatic carbocycles. The lowest BCUT2D eigenvalue weighted by molar-refractivity contribution is 0.0555. The molecule has 3 N–H and O–H groups in total. The number of carbonyl (C=O) groups is 1.